The molecule has 1 aliphatic carbocycles. The highest BCUT2D eigenvalue weighted by Crippen LogP contribution is 2.41. The molecule has 1 aromatic heterocycles. The van der Waals surface area contributed by atoms with Gasteiger partial charge in [-0.15, -0.1) is 0 Å². The molecule has 1 amide bonds. The molecule has 0 N–H and O–H groups in total. The summed E-state index contributed by atoms with van der Waals surface area (Å²) in [5.74, 6) is 2.40. The van der Waals surface area contributed by atoms with Gasteiger partial charge in [0.05, 0.1) is 6.42 Å². The number of hydrogen-bond acceptors (Lipinski definition) is 5. The van der Waals surface area contributed by atoms with Crippen molar-refractivity contribution in [2.24, 2.45) is 11.8 Å². The van der Waals surface area contributed by atoms with E-state index in [0.29, 0.717) is 35.3 Å². The first-order chi connectivity index (χ1) is 13.9. The summed E-state index contributed by atoms with van der Waals surface area (Å²) in [4.78, 5) is 21.5. The number of carbonyl (C=O) groups is 1. The van der Waals surface area contributed by atoms with Crippen LogP contribution in [0.3, 0.4) is 0 Å². The third-order valence-electron chi connectivity index (χ3n) is 6.44. The Hall–Kier alpha value is -2.08. The van der Waals surface area contributed by atoms with Gasteiger partial charge in [-0.25, -0.2) is 0 Å². The third-order valence-corrected chi connectivity index (χ3v) is 6.68. The highest BCUT2D eigenvalue weighted by molar-refractivity contribution is 6.30. The molecule has 1 saturated carbocycles. The van der Waals surface area contributed by atoms with E-state index in [0.717, 1.165) is 43.7 Å². The lowest BCUT2D eigenvalue weighted by molar-refractivity contribution is -0.131. The van der Waals surface area contributed by atoms with Gasteiger partial charge in [0.25, 0.3) is 0 Å². The predicted octanol–water partition coefficient (Wildman–Crippen LogP) is 4.15. The summed E-state index contributed by atoms with van der Waals surface area (Å²) in [6.07, 6.45) is 3.62. The second-order valence-corrected chi connectivity index (χ2v) is 9.22. The molecule has 7 heteroatoms. The van der Waals surface area contributed by atoms with E-state index in [1.54, 1.807) is 0 Å². The smallest absolute Gasteiger partial charge is 0.324 e. The Labute approximate surface area is 177 Å². The first kappa shape index (κ1) is 20.2. The topological polar surface area (TPSA) is 62.5 Å². The molecule has 3 atom stereocenters. The van der Waals surface area contributed by atoms with Crippen LogP contribution in [0.1, 0.15) is 50.4 Å². The van der Waals surface area contributed by atoms with Gasteiger partial charge in [0.2, 0.25) is 5.91 Å². The third kappa shape index (κ3) is 4.42. The number of likely N-dealkylation sites (N-methyl/N-ethyl adjacent to an activating group) is 1. The van der Waals surface area contributed by atoms with Crippen LogP contribution in [0.15, 0.2) is 28.8 Å². The molecule has 2 aliphatic rings. The number of fused-ring (bicyclic) bond motifs is 1. The molecule has 2 heterocycles. The van der Waals surface area contributed by atoms with E-state index in [-0.39, 0.29) is 11.8 Å². The zero-order valence-corrected chi connectivity index (χ0v) is 18.1. The zero-order chi connectivity index (χ0) is 20.5. The molecule has 0 bridgehead atoms. The molecule has 4 rings (SSSR count). The van der Waals surface area contributed by atoms with Gasteiger partial charge in [0, 0.05) is 37.1 Å². The lowest BCUT2D eigenvalue weighted by Crippen LogP contribution is -2.38. The molecule has 1 aromatic carbocycles. The van der Waals surface area contributed by atoms with Gasteiger partial charge in [-0.05, 0) is 48.8 Å². The van der Waals surface area contributed by atoms with E-state index >= 15 is 0 Å². The lowest BCUT2D eigenvalue weighted by atomic mass is 9.89. The Morgan fingerprint density at radius 3 is 2.86 bits per heavy atom. The number of halogens is 1. The maximum absolute atomic E-state index is 12.8. The van der Waals surface area contributed by atoms with Crippen molar-refractivity contribution in [3.05, 3.63) is 40.7 Å². The summed E-state index contributed by atoms with van der Waals surface area (Å²) in [5, 5.41) is 4.77. The second kappa shape index (κ2) is 8.34. The second-order valence-electron chi connectivity index (χ2n) is 8.78. The summed E-state index contributed by atoms with van der Waals surface area (Å²) < 4.78 is 5.49. The highest BCUT2D eigenvalue weighted by Gasteiger charge is 2.41. The van der Waals surface area contributed by atoms with Crippen LogP contribution in [0.5, 0.6) is 0 Å². The van der Waals surface area contributed by atoms with E-state index < -0.39 is 0 Å². The number of amides is 1. The molecule has 1 saturated heterocycles. The van der Waals surface area contributed by atoms with E-state index in [4.69, 9.17) is 16.1 Å². The van der Waals surface area contributed by atoms with Crippen molar-refractivity contribution in [2.75, 3.05) is 25.0 Å². The molecular formula is C22H29ClN4O2. The van der Waals surface area contributed by atoms with E-state index in [1.165, 1.54) is 0 Å². The zero-order valence-electron chi connectivity index (χ0n) is 17.3. The monoisotopic (exact) mass is 416 g/mol. The summed E-state index contributed by atoms with van der Waals surface area (Å²) in [5.41, 5.74) is 0.966. The number of piperidine rings is 1. The summed E-state index contributed by atoms with van der Waals surface area (Å²) in [7, 11) is 1.94. The number of aromatic nitrogens is 2. The minimum absolute atomic E-state index is 0.159. The minimum Gasteiger partial charge on any atom is -0.342 e. The van der Waals surface area contributed by atoms with Gasteiger partial charge in [0.15, 0.2) is 5.82 Å². The van der Waals surface area contributed by atoms with Crippen LogP contribution in [-0.4, -0.2) is 47.1 Å². The van der Waals surface area contributed by atoms with Crippen molar-refractivity contribution >= 4 is 23.5 Å². The van der Waals surface area contributed by atoms with Gasteiger partial charge >= 0.3 is 6.01 Å². The number of hydrogen-bond donors (Lipinski definition) is 0. The molecule has 1 aliphatic heterocycles. The summed E-state index contributed by atoms with van der Waals surface area (Å²) in [6, 6.07) is 8.49. The lowest BCUT2D eigenvalue weighted by Gasteiger charge is -2.33. The van der Waals surface area contributed by atoms with Gasteiger partial charge in [-0.2, -0.15) is 4.98 Å². The quantitative estimate of drug-likeness (QED) is 0.732. The van der Waals surface area contributed by atoms with Gasteiger partial charge in [0.1, 0.15) is 0 Å². The average molecular weight is 417 g/mol. The Morgan fingerprint density at radius 2 is 2.14 bits per heavy atom. The fourth-order valence-electron chi connectivity index (χ4n) is 4.68. The minimum atomic E-state index is 0.159. The first-order valence-corrected chi connectivity index (χ1v) is 10.9. The van der Waals surface area contributed by atoms with Crippen molar-refractivity contribution in [3.63, 3.8) is 0 Å². The summed E-state index contributed by atoms with van der Waals surface area (Å²) >= 11 is 6.05. The maximum Gasteiger partial charge on any atom is 0.324 e. The van der Waals surface area contributed by atoms with Gasteiger partial charge in [-0.1, -0.05) is 42.7 Å². The Bertz CT molecular complexity index is 868. The molecule has 0 unspecified atom stereocenters. The Balaban J connectivity index is 1.36. The van der Waals surface area contributed by atoms with Crippen LogP contribution in [0.25, 0.3) is 0 Å². The fourth-order valence-corrected chi connectivity index (χ4v) is 4.90. The fraction of sp³-hybridized carbons (Fsp3) is 0.591. The average Bonchev–Trinajstić information content (AvgIpc) is 3.34. The van der Waals surface area contributed by atoms with Crippen molar-refractivity contribution in [1.29, 1.82) is 0 Å². The molecule has 0 spiro atoms. The van der Waals surface area contributed by atoms with Crippen LogP contribution in [0, 0.1) is 11.8 Å². The molecule has 2 fully saturated rings. The maximum atomic E-state index is 12.8. The van der Waals surface area contributed by atoms with Crippen molar-refractivity contribution in [1.82, 2.24) is 15.0 Å². The van der Waals surface area contributed by atoms with E-state index in [2.05, 4.69) is 28.9 Å². The van der Waals surface area contributed by atoms with Crippen LogP contribution >= 0.6 is 11.6 Å². The van der Waals surface area contributed by atoms with Crippen molar-refractivity contribution in [3.8, 4) is 0 Å². The van der Waals surface area contributed by atoms with E-state index in [9.17, 15) is 4.79 Å². The largest absolute Gasteiger partial charge is 0.342 e. The number of carbonyl (C=O) groups excluding carboxylic acids is 1. The molecule has 156 valence electrons. The van der Waals surface area contributed by atoms with E-state index in [1.807, 2.05) is 36.2 Å². The standard InChI is InChI=1S/C22H29ClN4O2/c1-14(2)21-24-22(29-25-21)27-8-7-16-11-19(12-17(16)13-27)26(3)20(28)10-15-5-4-6-18(23)9-15/h4-6,9,14,16-17,19H,7-8,10-13H2,1-3H3/t16-,17-,19+/m1/s1. The molecule has 29 heavy (non-hydrogen) atoms. The number of benzene rings is 1. The Kier molecular flexibility index (Phi) is 5.81. The normalized spacial score (nSPS) is 24.0. The van der Waals surface area contributed by atoms with Crippen LogP contribution in [-0.2, 0) is 11.2 Å². The molecular weight excluding hydrogens is 388 g/mol. The first-order valence-electron chi connectivity index (χ1n) is 10.5. The predicted molar refractivity (Wildman–Crippen MR) is 113 cm³/mol. The van der Waals surface area contributed by atoms with Crippen LogP contribution < -0.4 is 4.90 Å². The van der Waals surface area contributed by atoms with Crippen molar-refractivity contribution in [2.45, 2.75) is 51.5 Å². The van der Waals surface area contributed by atoms with Crippen molar-refractivity contribution < 1.29 is 9.32 Å². The van der Waals surface area contributed by atoms with Gasteiger partial charge < -0.3 is 14.3 Å². The Morgan fingerprint density at radius 1 is 1.34 bits per heavy atom. The molecule has 6 nitrogen and oxygen atoms in total. The number of nitrogens with zero attached hydrogens (tertiary/aromatic N) is 4. The summed E-state index contributed by atoms with van der Waals surface area (Å²) in [6.45, 7) is 6.00. The number of anilines is 1. The van der Waals surface area contributed by atoms with Crippen LogP contribution in [0.4, 0.5) is 6.01 Å². The van der Waals surface area contributed by atoms with Crippen LogP contribution in [0.2, 0.25) is 5.02 Å². The molecule has 2 aromatic rings. The molecule has 0 radical (unpaired) electrons. The van der Waals surface area contributed by atoms with Gasteiger partial charge in [-0.3, -0.25) is 4.79 Å². The number of rotatable bonds is 5. The SMILES string of the molecule is CC(C)c1noc(N2CC[C@@H]3C[C@H](N(C)C(=O)Cc4cccc(Cl)c4)C[C@@H]3C2)n1. The highest BCUT2D eigenvalue weighted by atomic mass is 35.5.